The van der Waals surface area contributed by atoms with Crippen LogP contribution in [0.4, 0.5) is 0 Å². The number of carbonyl (C=O) groups excluding carboxylic acids is 2. The number of aliphatic hydroxyl groups excluding tert-OH is 1. The van der Waals surface area contributed by atoms with E-state index in [0.717, 1.165) is 43.9 Å². The van der Waals surface area contributed by atoms with Crippen molar-refractivity contribution in [3.8, 4) is 0 Å². The normalized spacial score (nSPS) is 12.2. The van der Waals surface area contributed by atoms with Gasteiger partial charge in [-0.2, -0.15) is 0 Å². The first-order valence-corrected chi connectivity index (χ1v) is 21.3. The smallest absolute Gasteiger partial charge is 0.306 e. The zero-order chi connectivity index (χ0) is 35.3. The van der Waals surface area contributed by atoms with Gasteiger partial charge in [-0.25, -0.2) is 0 Å². The highest BCUT2D eigenvalue weighted by molar-refractivity contribution is 5.70. The van der Waals surface area contributed by atoms with Gasteiger partial charge in [0.25, 0.3) is 0 Å². The summed E-state index contributed by atoms with van der Waals surface area (Å²) >= 11 is 0. The van der Waals surface area contributed by atoms with Crippen molar-refractivity contribution in [2.24, 2.45) is 11.8 Å². The predicted molar refractivity (Wildman–Crippen MR) is 205 cm³/mol. The average Bonchev–Trinajstić information content (AvgIpc) is 3.05. The minimum absolute atomic E-state index is 0.0581. The maximum absolute atomic E-state index is 12.2. The summed E-state index contributed by atoms with van der Waals surface area (Å²) < 4.78 is 10.6. The molecule has 0 bridgehead atoms. The zero-order valence-electron chi connectivity index (χ0n) is 32.9. The molecule has 5 nitrogen and oxygen atoms in total. The fourth-order valence-corrected chi connectivity index (χ4v) is 6.51. The van der Waals surface area contributed by atoms with Crippen LogP contribution in [0.3, 0.4) is 0 Å². The predicted octanol–water partition coefficient (Wildman–Crippen LogP) is 13.2. The lowest BCUT2D eigenvalue weighted by Gasteiger charge is -2.15. The van der Waals surface area contributed by atoms with Crippen molar-refractivity contribution in [1.29, 1.82) is 0 Å². The number of hydrogen-bond donors (Lipinski definition) is 1. The highest BCUT2D eigenvalue weighted by Gasteiger charge is 2.16. The molecule has 48 heavy (non-hydrogen) atoms. The first kappa shape index (κ1) is 46.9. The maximum atomic E-state index is 12.2. The number of aliphatic hydroxyl groups is 1. The average molecular weight is 681 g/mol. The summed E-state index contributed by atoms with van der Waals surface area (Å²) in [7, 11) is 0. The van der Waals surface area contributed by atoms with Gasteiger partial charge < -0.3 is 14.6 Å². The Kier molecular flexibility index (Phi) is 36.3. The van der Waals surface area contributed by atoms with Gasteiger partial charge in [0.15, 0.2) is 6.10 Å². The highest BCUT2D eigenvalue weighted by atomic mass is 16.6. The Bertz CT molecular complexity index is 676. The largest absolute Gasteiger partial charge is 0.462 e. The number of carbonyl (C=O) groups is 2. The molecule has 0 saturated carbocycles. The molecule has 0 aromatic rings. The van der Waals surface area contributed by atoms with Gasteiger partial charge >= 0.3 is 11.9 Å². The fourth-order valence-electron chi connectivity index (χ4n) is 6.51. The first-order valence-electron chi connectivity index (χ1n) is 21.3. The molecular formula is C43H84O5. The molecule has 0 rings (SSSR count). The summed E-state index contributed by atoms with van der Waals surface area (Å²) in [6, 6.07) is 0. The van der Waals surface area contributed by atoms with Gasteiger partial charge in [0.05, 0.1) is 6.61 Å². The maximum Gasteiger partial charge on any atom is 0.306 e. The second-order valence-electron chi connectivity index (χ2n) is 15.7. The van der Waals surface area contributed by atoms with Crippen LogP contribution in [0.25, 0.3) is 0 Å². The van der Waals surface area contributed by atoms with E-state index in [0.29, 0.717) is 12.8 Å². The molecule has 0 saturated heterocycles. The van der Waals surface area contributed by atoms with Crippen molar-refractivity contribution in [2.45, 2.75) is 239 Å². The highest BCUT2D eigenvalue weighted by Crippen LogP contribution is 2.17. The molecule has 286 valence electrons. The third kappa shape index (κ3) is 37.7. The Morgan fingerprint density at radius 1 is 0.417 bits per heavy atom. The summed E-state index contributed by atoms with van der Waals surface area (Å²) in [5.41, 5.74) is 0. The van der Waals surface area contributed by atoms with Crippen molar-refractivity contribution in [2.75, 3.05) is 13.2 Å². The minimum atomic E-state index is -0.763. The molecule has 0 heterocycles. The van der Waals surface area contributed by atoms with Crippen LogP contribution >= 0.6 is 0 Å². The number of esters is 2. The Labute approximate surface area is 299 Å². The third-order valence-electron chi connectivity index (χ3n) is 9.76. The lowest BCUT2D eigenvalue weighted by Crippen LogP contribution is -2.28. The molecule has 0 radical (unpaired) electrons. The summed E-state index contributed by atoms with van der Waals surface area (Å²) in [6.07, 6.45) is 38.8. The van der Waals surface area contributed by atoms with Gasteiger partial charge in [0.2, 0.25) is 0 Å². The van der Waals surface area contributed by atoms with E-state index in [1.807, 2.05) is 0 Å². The summed E-state index contributed by atoms with van der Waals surface area (Å²) in [5, 5.41) is 9.57. The molecule has 0 spiro atoms. The third-order valence-corrected chi connectivity index (χ3v) is 9.76. The van der Waals surface area contributed by atoms with E-state index < -0.39 is 6.10 Å². The Balaban J connectivity index is 3.47. The zero-order valence-corrected chi connectivity index (χ0v) is 32.9. The van der Waals surface area contributed by atoms with Crippen LogP contribution in [0.2, 0.25) is 0 Å². The molecular weight excluding hydrogens is 596 g/mol. The van der Waals surface area contributed by atoms with Crippen LogP contribution in [-0.2, 0) is 19.1 Å². The fraction of sp³-hybridized carbons (Fsp3) is 0.953. The first-order chi connectivity index (χ1) is 23.3. The number of ether oxygens (including phenoxy) is 2. The standard InChI is InChI=1S/C43H84O5/c1-39(2)33-29-25-21-17-13-9-7-5-6-8-10-15-19-23-27-31-35-42(45)47-38-41(37-44)48-43(46)36-32-28-24-20-16-12-11-14-18-22-26-30-34-40(3)4/h39-41,44H,5-38H2,1-4H3/t41-/m0/s1. The van der Waals surface area contributed by atoms with Gasteiger partial charge in [-0.3, -0.25) is 9.59 Å². The molecule has 5 heteroatoms. The summed E-state index contributed by atoms with van der Waals surface area (Å²) in [6.45, 7) is 8.88. The SMILES string of the molecule is CC(C)CCCCCCCCCCCCCCCCCCC(=O)OC[C@H](CO)OC(=O)CCCCCCCCCCCCCCC(C)C. The van der Waals surface area contributed by atoms with Crippen LogP contribution in [0.15, 0.2) is 0 Å². The Morgan fingerprint density at radius 3 is 0.979 bits per heavy atom. The minimum Gasteiger partial charge on any atom is -0.462 e. The number of rotatable bonds is 38. The van der Waals surface area contributed by atoms with Gasteiger partial charge in [0, 0.05) is 12.8 Å². The summed E-state index contributed by atoms with van der Waals surface area (Å²) in [5.74, 6) is 1.12. The van der Waals surface area contributed by atoms with E-state index in [1.165, 1.54) is 161 Å². The topological polar surface area (TPSA) is 72.8 Å². The van der Waals surface area contributed by atoms with Crippen LogP contribution in [0.1, 0.15) is 233 Å². The monoisotopic (exact) mass is 681 g/mol. The molecule has 0 aliphatic carbocycles. The Morgan fingerprint density at radius 2 is 0.688 bits per heavy atom. The molecule has 1 atom stereocenters. The van der Waals surface area contributed by atoms with Crippen LogP contribution in [0, 0.1) is 11.8 Å². The van der Waals surface area contributed by atoms with Crippen molar-refractivity contribution in [3.05, 3.63) is 0 Å². The van der Waals surface area contributed by atoms with Crippen molar-refractivity contribution >= 4 is 11.9 Å². The lowest BCUT2D eigenvalue weighted by molar-refractivity contribution is -0.161. The van der Waals surface area contributed by atoms with E-state index >= 15 is 0 Å². The molecule has 1 N–H and O–H groups in total. The molecule has 0 amide bonds. The second kappa shape index (κ2) is 37.2. The number of unbranched alkanes of at least 4 members (excludes halogenated alkanes) is 26. The van der Waals surface area contributed by atoms with Crippen LogP contribution in [-0.4, -0.2) is 36.4 Å². The van der Waals surface area contributed by atoms with Gasteiger partial charge in [-0.1, -0.05) is 207 Å². The van der Waals surface area contributed by atoms with E-state index in [9.17, 15) is 14.7 Å². The molecule has 0 aromatic heterocycles. The van der Waals surface area contributed by atoms with E-state index in [4.69, 9.17) is 9.47 Å². The molecule has 0 aliphatic rings. The number of hydrogen-bond acceptors (Lipinski definition) is 5. The van der Waals surface area contributed by atoms with Crippen molar-refractivity contribution in [3.63, 3.8) is 0 Å². The lowest BCUT2D eigenvalue weighted by atomic mass is 10.0. The van der Waals surface area contributed by atoms with Crippen molar-refractivity contribution in [1.82, 2.24) is 0 Å². The second-order valence-corrected chi connectivity index (χ2v) is 15.7. The summed E-state index contributed by atoms with van der Waals surface area (Å²) in [4.78, 5) is 24.3. The van der Waals surface area contributed by atoms with E-state index in [-0.39, 0.29) is 25.2 Å². The van der Waals surface area contributed by atoms with Gasteiger partial charge in [-0.05, 0) is 24.7 Å². The Hall–Kier alpha value is -1.10. The molecule has 0 aliphatic heterocycles. The van der Waals surface area contributed by atoms with E-state index in [1.54, 1.807) is 0 Å². The van der Waals surface area contributed by atoms with Gasteiger partial charge in [0.1, 0.15) is 6.61 Å². The van der Waals surface area contributed by atoms with Crippen LogP contribution in [0.5, 0.6) is 0 Å². The van der Waals surface area contributed by atoms with E-state index in [2.05, 4.69) is 27.7 Å². The molecule has 0 aromatic carbocycles. The molecule has 0 fully saturated rings. The quantitative estimate of drug-likeness (QED) is 0.0519. The van der Waals surface area contributed by atoms with Crippen molar-refractivity contribution < 1.29 is 24.2 Å². The van der Waals surface area contributed by atoms with Gasteiger partial charge in [-0.15, -0.1) is 0 Å². The molecule has 0 unspecified atom stereocenters. The van der Waals surface area contributed by atoms with Crippen LogP contribution < -0.4 is 0 Å².